The Morgan fingerprint density at radius 1 is 1.24 bits per heavy atom. The molecular weight excluding hydrogens is 208 g/mol. The van der Waals surface area contributed by atoms with E-state index in [1.54, 1.807) is 0 Å². The van der Waals surface area contributed by atoms with E-state index in [2.05, 4.69) is 43.2 Å². The molecule has 0 fully saturated rings. The van der Waals surface area contributed by atoms with Crippen molar-refractivity contribution in [3.05, 3.63) is 29.6 Å². The van der Waals surface area contributed by atoms with Crippen LogP contribution < -0.4 is 5.32 Å². The van der Waals surface area contributed by atoms with Gasteiger partial charge in [0.25, 0.3) is 0 Å². The van der Waals surface area contributed by atoms with Crippen molar-refractivity contribution in [2.45, 2.75) is 58.9 Å². The first kappa shape index (κ1) is 14.2. The lowest BCUT2D eigenvalue weighted by Gasteiger charge is -2.19. The standard InChI is InChI=1S/C15H26N2/c1-4-6-7-8-15(17-10-5-2)14-9-11-16-13(3)12-14/h9,11-12,15,17H,4-8,10H2,1-3H3. The molecule has 0 aliphatic rings. The summed E-state index contributed by atoms with van der Waals surface area (Å²) in [6, 6.07) is 4.86. The van der Waals surface area contributed by atoms with E-state index in [4.69, 9.17) is 0 Å². The largest absolute Gasteiger partial charge is 0.310 e. The monoisotopic (exact) mass is 234 g/mol. The van der Waals surface area contributed by atoms with Crippen molar-refractivity contribution >= 4 is 0 Å². The van der Waals surface area contributed by atoms with Gasteiger partial charge in [0.15, 0.2) is 0 Å². The lowest BCUT2D eigenvalue weighted by Crippen LogP contribution is -2.22. The molecule has 1 unspecified atom stereocenters. The first-order chi connectivity index (χ1) is 8.27. The SMILES string of the molecule is CCCCCC(NCCC)c1ccnc(C)c1. The smallest absolute Gasteiger partial charge is 0.0375 e. The molecule has 1 rings (SSSR count). The van der Waals surface area contributed by atoms with Crippen molar-refractivity contribution < 1.29 is 0 Å². The second-order valence-corrected chi connectivity index (χ2v) is 4.73. The van der Waals surface area contributed by atoms with Crippen molar-refractivity contribution in [2.24, 2.45) is 0 Å². The van der Waals surface area contributed by atoms with Crippen LogP contribution in [0.25, 0.3) is 0 Å². The lowest BCUT2D eigenvalue weighted by molar-refractivity contribution is 0.474. The summed E-state index contributed by atoms with van der Waals surface area (Å²) in [5.74, 6) is 0. The molecule has 0 aromatic carbocycles. The van der Waals surface area contributed by atoms with Crippen LogP contribution in [0.3, 0.4) is 0 Å². The van der Waals surface area contributed by atoms with Gasteiger partial charge < -0.3 is 5.32 Å². The average Bonchev–Trinajstić information content (AvgIpc) is 2.33. The molecule has 0 saturated carbocycles. The third kappa shape index (κ3) is 5.31. The number of hydrogen-bond acceptors (Lipinski definition) is 2. The fourth-order valence-corrected chi connectivity index (χ4v) is 2.09. The maximum Gasteiger partial charge on any atom is 0.0375 e. The molecule has 0 saturated heterocycles. The van der Waals surface area contributed by atoms with Gasteiger partial charge in [0.1, 0.15) is 0 Å². The van der Waals surface area contributed by atoms with Gasteiger partial charge in [-0.05, 0) is 44.0 Å². The Morgan fingerprint density at radius 3 is 2.71 bits per heavy atom. The minimum Gasteiger partial charge on any atom is -0.310 e. The number of nitrogens with one attached hydrogen (secondary N) is 1. The topological polar surface area (TPSA) is 24.9 Å². The molecule has 0 amide bonds. The fraction of sp³-hybridized carbons (Fsp3) is 0.667. The zero-order chi connectivity index (χ0) is 12.5. The Labute approximate surface area is 106 Å². The van der Waals surface area contributed by atoms with Crippen LogP contribution >= 0.6 is 0 Å². The van der Waals surface area contributed by atoms with Gasteiger partial charge in [-0.25, -0.2) is 0 Å². The second-order valence-electron chi connectivity index (χ2n) is 4.73. The van der Waals surface area contributed by atoms with Gasteiger partial charge in [-0.3, -0.25) is 4.98 Å². The number of aryl methyl sites for hydroxylation is 1. The third-order valence-electron chi connectivity index (χ3n) is 3.06. The highest BCUT2D eigenvalue weighted by Gasteiger charge is 2.10. The minimum atomic E-state index is 0.503. The van der Waals surface area contributed by atoms with Crippen molar-refractivity contribution in [1.29, 1.82) is 0 Å². The van der Waals surface area contributed by atoms with E-state index in [9.17, 15) is 0 Å². The summed E-state index contributed by atoms with van der Waals surface area (Å²) < 4.78 is 0. The highest BCUT2D eigenvalue weighted by atomic mass is 14.9. The number of nitrogens with zero attached hydrogens (tertiary/aromatic N) is 1. The van der Waals surface area contributed by atoms with E-state index in [-0.39, 0.29) is 0 Å². The van der Waals surface area contributed by atoms with Crippen LogP contribution in [0.2, 0.25) is 0 Å². The predicted molar refractivity (Wildman–Crippen MR) is 74.2 cm³/mol. The van der Waals surface area contributed by atoms with Crippen molar-refractivity contribution in [3.63, 3.8) is 0 Å². The van der Waals surface area contributed by atoms with Gasteiger partial charge in [0.2, 0.25) is 0 Å². The summed E-state index contributed by atoms with van der Waals surface area (Å²) in [6.45, 7) is 7.63. The number of unbranched alkanes of at least 4 members (excludes halogenated alkanes) is 2. The Bertz CT molecular complexity index is 310. The summed E-state index contributed by atoms with van der Waals surface area (Å²) in [7, 11) is 0. The molecule has 1 heterocycles. The molecule has 1 N–H and O–H groups in total. The molecule has 0 aliphatic carbocycles. The molecular formula is C15H26N2. The van der Waals surface area contributed by atoms with E-state index in [0.29, 0.717) is 6.04 Å². The zero-order valence-electron chi connectivity index (χ0n) is 11.5. The molecule has 17 heavy (non-hydrogen) atoms. The maximum atomic E-state index is 4.27. The van der Waals surface area contributed by atoms with Crippen molar-refractivity contribution in [3.8, 4) is 0 Å². The zero-order valence-corrected chi connectivity index (χ0v) is 11.5. The van der Waals surface area contributed by atoms with E-state index in [1.165, 1.54) is 37.7 Å². The van der Waals surface area contributed by atoms with Crippen LogP contribution in [0.15, 0.2) is 18.3 Å². The van der Waals surface area contributed by atoms with Crippen LogP contribution in [0, 0.1) is 6.92 Å². The Hall–Kier alpha value is -0.890. The highest BCUT2D eigenvalue weighted by Crippen LogP contribution is 2.20. The fourth-order valence-electron chi connectivity index (χ4n) is 2.09. The third-order valence-corrected chi connectivity index (χ3v) is 3.06. The van der Waals surface area contributed by atoms with Gasteiger partial charge in [0, 0.05) is 17.9 Å². The van der Waals surface area contributed by atoms with Gasteiger partial charge in [0.05, 0.1) is 0 Å². The molecule has 0 radical (unpaired) electrons. The van der Waals surface area contributed by atoms with Gasteiger partial charge in [-0.2, -0.15) is 0 Å². The molecule has 2 nitrogen and oxygen atoms in total. The normalized spacial score (nSPS) is 12.6. The first-order valence-corrected chi connectivity index (χ1v) is 6.93. The van der Waals surface area contributed by atoms with Gasteiger partial charge >= 0.3 is 0 Å². The van der Waals surface area contributed by atoms with Crippen LogP contribution in [-0.2, 0) is 0 Å². The number of pyridine rings is 1. The quantitative estimate of drug-likeness (QED) is 0.687. The highest BCUT2D eigenvalue weighted by molar-refractivity contribution is 5.19. The second kappa shape index (κ2) is 8.24. The summed E-state index contributed by atoms with van der Waals surface area (Å²) in [5, 5.41) is 3.64. The Morgan fingerprint density at radius 2 is 2.06 bits per heavy atom. The van der Waals surface area contributed by atoms with E-state index in [1.807, 2.05) is 6.20 Å². The molecule has 0 bridgehead atoms. The predicted octanol–water partition coefficient (Wildman–Crippen LogP) is 4.01. The number of aromatic nitrogens is 1. The maximum absolute atomic E-state index is 4.27. The molecule has 96 valence electrons. The average molecular weight is 234 g/mol. The first-order valence-electron chi connectivity index (χ1n) is 6.93. The summed E-state index contributed by atoms with van der Waals surface area (Å²) in [4.78, 5) is 4.27. The molecule has 1 aromatic heterocycles. The lowest BCUT2D eigenvalue weighted by atomic mass is 10.0. The van der Waals surface area contributed by atoms with Crippen molar-refractivity contribution in [2.75, 3.05) is 6.54 Å². The Kier molecular flexibility index (Phi) is 6.87. The molecule has 1 atom stereocenters. The van der Waals surface area contributed by atoms with E-state index < -0.39 is 0 Å². The molecule has 1 aromatic rings. The van der Waals surface area contributed by atoms with Gasteiger partial charge in [-0.15, -0.1) is 0 Å². The number of hydrogen-bond donors (Lipinski definition) is 1. The van der Waals surface area contributed by atoms with E-state index >= 15 is 0 Å². The number of rotatable bonds is 8. The van der Waals surface area contributed by atoms with Crippen LogP contribution in [0.4, 0.5) is 0 Å². The molecule has 0 aliphatic heterocycles. The van der Waals surface area contributed by atoms with Crippen LogP contribution in [-0.4, -0.2) is 11.5 Å². The summed E-state index contributed by atoms with van der Waals surface area (Å²) in [5.41, 5.74) is 2.50. The van der Waals surface area contributed by atoms with Crippen LogP contribution in [0.5, 0.6) is 0 Å². The van der Waals surface area contributed by atoms with Gasteiger partial charge in [-0.1, -0.05) is 33.1 Å². The Balaban J connectivity index is 2.60. The molecule has 2 heteroatoms. The summed E-state index contributed by atoms with van der Waals surface area (Å²) in [6.07, 6.45) is 8.26. The minimum absolute atomic E-state index is 0.503. The van der Waals surface area contributed by atoms with Crippen molar-refractivity contribution in [1.82, 2.24) is 10.3 Å². The summed E-state index contributed by atoms with van der Waals surface area (Å²) >= 11 is 0. The molecule has 0 spiro atoms. The van der Waals surface area contributed by atoms with Crippen LogP contribution in [0.1, 0.15) is 63.3 Å². The van der Waals surface area contributed by atoms with E-state index in [0.717, 1.165) is 12.2 Å².